The molecule has 0 saturated carbocycles. The van der Waals surface area contributed by atoms with E-state index in [0.717, 1.165) is 23.4 Å². The zero-order valence-electron chi connectivity index (χ0n) is 14.7. The number of amides is 1. The van der Waals surface area contributed by atoms with Crippen LogP contribution in [0.3, 0.4) is 0 Å². The molecule has 1 aliphatic rings. The number of esters is 1. The Morgan fingerprint density at radius 3 is 2.71 bits per heavy atom. The Bertz CT molecular complexity index is 636. The first-order valence-corrected chi connectivity index (χ1v) is 8.42. The van der Waals surface area contributed by atoms with Gasteiger partial charge in [0, 0.05) is 12.2 Å². The Balaban J connectivity index is 2.32. The van der Waals surface area contributed by atoms with Crippen LogP contribution in [0.5, 0.6) is 5.75 Å². The number of anilines is 1. The quantitative estimate of drug-likeness (QED) is 0.614. The lowest BCUT2D eigenvalue weighted by atomic mass is 10.0. The second-order valence-electron chi connectivity index (χ2n) is 6.05. The van der Waals surface area contributed by atoms with Crippen LogP contribution in [0.15, 0.2) is 30.4 Å². The summed E-state index contributed by atoms with van der Waals surface area (Å²) in [5.41, 5.74) is 1.83. The highest BCUT2D eigenvalue weighted by Crippen LogP contribution is 2.38. The summed E-state index contributed by atoms with van der Waals surface area (Å²) in [4.78, 5) is 25.7. The summed E-state index contributed by atoms with van der Waals surface area (Å²) in [7, 11) is 0. The Labute approximate surface area is 143 Å². The Morgan fingerprint density at radius 2 is 2.08 bits per heavy atom. The van der Waals surface area contributed by atoms with Crippen LogP contribution < -0.4 is 9.64 Å². The van der Waals surface area contributed by atoms with Crippen LogP contribution >= 0.6 is 0 Å². The molecule has 1 aromatic rings. The van der Waals surface area contributed by atoms with Gasteiger partial charge in [0.2, 0.25) is 0 Å². The van der Waals surface area contributed by atoms with E-state index >= 15 is 0 Å². The van der Waals surface area contributed by atoms with Gasteiger partial charge in [-0.1, -0.05) is 32.9 Å². The summed E-state index contributed by atoms with van der Waals surface area (Å²) in [5, 5.41) is 0. The molecule has 0 N–H and O–H groups in total. The number of para-hydroxylation sites is 1. The predicted molar refractivity (Wildman–Crippen MR) is 93.2 cm³/mol. The molecule has 2 rings (SSSR count). The van der Waals surface area contributed by atoms with Gasteiger partial charge in [-0.15, -0.1) is 0 Å². The topological polar surface area (TPSA) is 55.8 Å². The van der Waals surface area contributed by atoms with Gasteiger partial charge in [-0.25, -0.2) is 4.79 Å². The molecular weight excluding hydrogens is 306 g/mol. The summed E-state index contributed by atoms with van der Waals surface area (Å²) < 4.78 is 11.0. The van der Waals surface area contributed by atoms with Gasteiger partial charge in [0.1, 0.15) is 11.9 Å². The number of fused-ring (bicyclic) bond motifs is 1. The third kappa shape index (κ3) is 3.96. The van der Waals surface area contributed by atoms with Crippen molar-refractivity contribution in [2.75, 3.05) is 18.1 Å². The molecule has 1 unspecified atom stereocenters. The number of ether oxygens (including phenoxy) is 2. The molecule has 24 heavy (non-hydrogen) atoms. The van der Waals surface area contributed by atoms with E-state index in [1.54, 1.807) is 11.8 Å². The van der Waals surface area contributed by atoms with E-state index in [2.05, 4.69) is 20.8 Å². The maximum absolute atomic E-state index is 12.6. The van der Waals surface area contributed by atoms with Gasteiger partial charge in [-0.05, 0) is 30.9 Å². The van der Waals surface area contributed by atoms with Crippen LogP contribution in [-0.4, -0.2) is 31.1 Å². The van der Waals surface area contributed by atoms with Crippen LogP contribution in [0.1, 0.15) is 33.3 Å². The second-order valence-corrected chi connectivity index (χ2v) is 6.05. The van der Waals surface area contributed by atoms with Crippen molar-refractivity contribution < 1.29 is 19.1 Å². The number of nitrogens with zero attached hydrogens (tertiary/aromatic N) is 1. The summed E-state index contributed by atoms with van der Waals surface area (Å²) in [6.07, 6.45) is 3.19. The van der Waals surface area contributed by atoms with Crippen molar-refractivity contribution in [3.63, 3.8) is 0 Å². The molecule has 0 aromatic heterocycles. The number of carbonyl (C=O) groups is 2. The van der Waals surface area contributed by atoms with Crippen LogP contribution in [0.4, 0.5) is 5.69 Å². The average molecular weight is 331 g/mol. The first-order chi connectivity index (χ1) is 11.5. The zero-order chi connectivity index (χ0) is 17.7. The van der Waals surface area contributed by atoms with Gasteiger partial charge < -0.3 is 14.4 Å². The van der Waals surface area contributed by atoms with Crippen molar-refractivity contribution in [3.05, 3.63) is 35.9 Å². The molecule has 0 aliphatic carbocycles. The summed E-state index contributed by atoms with van der Waals surface area (Å²) >= 11 is 0. The van der Waals surface area contributed by atoms with Gasteiger partial charge in [0.25, 0.3) is 5.91 Å². The number of benzene rings is 1. The second kappa shape index (κ2) is 7.99. The Hall–Kier alpha value is -2.30. The van der Waals surface area contributed by atoms with E-state index in [1.807, 2.05) is 18.2 Å². The molecule has 1 atom stereocenters. The first kappa shape index (κ1) is 18.0. The van der Waals surface area contributed by atoms with Crippen molar-refractivity contribution in [3.8, 4) is 5.75 Å². The molecule has 0 radical (unpaired) electrons. The molecule has 0 fully saturated rings. The standard InChI is InChI=1S/C19H25NO4/c1-5-14-8-7-9-15-19(14)24-16(13(3)4)12-20(15)17(21)10-11-18(22)23-6-2/h7-11,13,16H,5-6,12H2,1-4H3. The third-order valence-corrected chi connectivity index (χ3v) is 4.04. The minimum absolute atomic E-state index is 0.0786. The molecule has 0 spiro atoms. The molecule has 1 aromatic carbocycles. The fourth-order valence-corrected chi connectivity index (χ4v) is 2.64. The largest absolute Gasteiger partial charge is 0.486 e. The maximum Gasteiger partial charge on any atom is 0.330 e. The molecule has 130 valence electrons. The Morgan fingerprint density at radius 1 is 1.33 bits per heavy atom. The van der Waals surface area contributed by atoms with Crippen molar-refractivity contribution in [1.82, 2.24) is 0 Å². The first-order valence-electron chi connectivity index (χ1n) is 8.42. The highest BCUT2D eigenvalue weighted by Gasteiger charge is 2.31. The molecule has 1 heterocycles. The molecule has 5 heteroatoms. The van der Waals surface area contributed by atoms with E-state index in [0.29, 0.717) is 6.54 Å². The lowest BCUT2D eigenvalue weighted by molar-refractivity contribution is -0.137. The van der Waals surface area contributed by atoms with Gasteiger partial charge in [-0.3, -0.25) is 4.79 Å². The zero-order valence-corrected chi connectivity index (χ0v) is 14.7. The number of hydrogen-bond acceptors (Lipinski definition) is 4. The normalized spacial score (nSPS) is 16.9. The average Bonchev–Trinajstić information content (AvgIpc) is 2.58. The number of hydrogen-bond donors (Lipinski definition) is 0. The minimum atomic E-state index is -0.512. The van der Waals surface area contributed by atoms with E-state index in [4.69, 9.17) is 9.47 Å². The third-order valence-electron chi connectivity index (χ3n) is 4.04. The van der Waals surface area contributed by atoms with Crippen molar-refractivity contribution >= 4 is 17.6 Å². The number of carbonyl (C=O) groups excluding carboxylic acids is 2. The van der Waals surface area contributed by atoms with Crippen LogP contribution in [0.25, 0.3) is 0 Å². The van der Waals surface area contributed by atoms with Crippen molar-refractivity contribution in [2.24, 2.45) is 5.92 Å². The fourth-order valence-electron chi connectivity index (χ4n) is 2.64. The molecule has 5 nitrogen and oxygen atoms in total. The molecule has 1 aliphatic heterocycles. The van der Waals surface area contributed by atoms with Crippen LogP contribution in [0.2, 0.25) is 0 Å². The highest BCUT2D eigenvalue weighted by molar-refractivity contribution is 6.05. The Kier molecular flexibility index (Phi) is 6.01. The van der Waals surface area contributed by atoms with Crippen molar-refractivity contribution in [2.45, 2.75) is 40.2 Å². The summed E-state index contributed by atoms with van der Waals surface area (Å²) in [6, 6.07) is 5.81. The summed E-state index contributed by atoms with van der Waals surface area (Å²) in [5.74, 6) is 0.281. The summed E-state index contributed by atoms with van der Waals surface area (Å²) in [6.45, 7) is 8.68. The molecule has 1 amide bonds. The monoisotopic (exact) mass is 331 g/mol. The van der Waals surface area contributed by atoms with Gasteiger partial charge in [0.05, 0.1) is 18.8 Å². The van der Waals surface area contributed by atoms with E-state index < -0.39 is 5.97 Å². The van der Waals surface area contributed by atoms with Gasteiger partial charge in [-0.2, -0.15) is 0 Å². The fraction of sp³-hybridized carbons (Fsp3) is 0.474. The van der Waals surface area contributed by atoms with Crippen LogP contribution in [-0.2, 0) is 20.7 Å². The van der Waals surface area contributed by atoms with Crippen LogP contribution in [0, 0.1) is 5.92 Å². The highest BCUT2D eigenvalue weighted by atomic mass is 16.5. The molecule has 0 bridgehead atoms. The lowest BCUT2D eigenvalue weighted by Crippen LogP contribution is -2.45. The van der Waals surface area contributed by atoms with Gasteiger partial charge in [0.15, 0.2) is 0 Å². The number of rotatable bonds is 5. The smallest absolute Gasteiger partial charge is 0.330 e. The van der Waals surface area contributed by atoms with E-state index in [1.165, 1.54) is 12.2 Å². The molecular formula is C19H25NO4. The van der Waals surface area contributed by atoms with E-state index in [9.17, 15) is 9.59 Å². The van der Waals surface area contributed by atoms with Gasteiger partial charge >= 0.3 is 5.97 Å². The predicted octanol–water partition coefficient (Wildman–Crippen LogP) is 3.12. The van der Waals surface area contributed by atoms with E-state index in [-0.39, 0.29) is 24.5 Å². The minimum Gasteiger partial charge on any atom is -0.486 e. The number of aryl methyl sites for hydroxylation is 1. The lowest BCUT2D eigenvalue weighted by Gasteiger charge is -2.37. The molecule has 0 saturated heterocycles. The van der Waals surface area contributed by atoms with Crippen molar-refractivity contribution in [1.29, 1.82) is 0 Å². The maximum atomic E-state index is 12.6. The SMILES string of the molecule is CCOC(=O)C=CC(=O)N1CC(C(C)C)Oc2c(CC)cccc21.